The van der Waals surface area contributed by atoms with Crippen LogP contribution in [-0.4, -0.2) is 60.6 Å². The number of hydrogen-bond acceptors (Lipinski definition) is 4. The third kappa shape index (κ3) is 2.48. The van der Waals surface area contributed by atoms with Gasteiger partial charge in [0.1, 0.15) is 4.75 Å². The standard InChI is InChI=1S/C19H24N2O4S/c1-3-25-11-16-7-9-26(23,24)19(16)12-21(13-19)18(22)15-4-5-17-14(10-15)6-8-20(17)2/h4-6,8,10,16H,3,7,9,11-13H2,1-2H3. The molecule has 0 aliphatic carbocycles. The van der Waals surface area contributed by atoms with Crippen molar-refractivity contribution in [3.8, 4) is 0 Å². The van der Waals surface area contributed by atoms with Gasteiger partial charge >= 0.3 is 0 Å². The van der Waals surface area contributed by atoms with Gasteiger partial charge in [-0.15, -0.1) is 0 Å². The van der Waals surface area contributed by atoms with Crippen molar-refractivity contribution in [1.29, 1.82) is 0 Å². The molecular weight excluding hydrogens is 352 g/mol. The first-order chi connectivity index (χ1) is 12.4. The summed E-state index contributed by atoms with van der Waals surface area (Å²) in [4.78, 5) is 14.5. The number of nitrogens with zero attached hydrogens (tertiary/aromatic N) is 2. The topological polar surface area (TPSA) is 68.6 Å². The van der Waals surface area contributed by atoms with E-state index < -0.39 is 14.6 Å². The van der Waals surface area contributed by atoms with Crippen LogP contribution in [0, 0.1) is 5.92 Å². The van der Waals surface area contributed by atoms with Crippen molar-refractivity contribution in [3.63, 3.8) is 0 Å². The number of sulfone groups is 1. The van der Waals surface area contributed by atoms with E-state index in [0.717, 1.165) is 10.9 Å². The summed E-state index contributed by atoms with van der Waals surface area (Å²) >= 11 is 0. The number of amides is 1. The minimum absolute atomic E-state index is 0.0203. The second-order valence-corrected chi connectivity index (χ2v) is 9.84. The molecule has 0 radical (unpaired) electrons. The van der Waals surface area contributed by atoms with Gasteiger partial charge in [-0.05, 0) is 37.6 Å². The fraction of sp³-hybridized carbons (Fsp3) is 0.526. The van der Waals surface area contributed by atoms with Crippen LogP contribution in [0.4, 0.5) is 0 Å². The van der Waals surface area contributed by atoms with Crippen LogP contribution in [0.3, 0.4) is 0 Å². The molecule has 3 heterocycles. The minimum atomic E-state index is -3.19. The Morgan fingerprint density at radius 2 is 2.08 bits per heavy atom. The van der Waals surface area contributed by atoms with E-state index in [-0.39, 0.29) is 30.7 Å². The average Bonchev–Trinajstić information content (AvgIpc) is 3.07. The summed E-state index contributed by atoms with van der Waals surface area (Å²) < 4.78 is 31.9. The molecule has 1 atom stereocenters. The molecule has 1 aromatic heterocycles. The van der Waals surface area contributed by atoms with E-state index in [1.54, 1.807) is 4.90 Å². The van der Waals surface area contributed by atoms with E-state index in [2.05, 4.69) is 0 Å². The zero-order chi connectivity index (χ0) is 18.5. The third-order valence-corrected chi connectivity index (χ3v) is 8.56. The SMILES string of the molecule is CCOCC1CCS(=O)(=O)C12CN(C(=O)c1ccc3c(ccn3C)c1)C2. The van der Waals surface area contributed by atoms with Crippen LogP contribution in [0.15, 0.2) is 30.5 Å². The highest BCUT2D eigenvalue weighted by Gasteiger charge is 2.62. The lowest BCUT2D eigenvalue weighted by molar-refractivity contribution is 0.0271. The van der Waals surface area contributed by atoms with Gasteiger partial charge in [0, 0.05) is 55.3 Å². The highest BCUT2D eigenvalue weighted by Crippen LogP contribution is 2.45. The number of aromatic nitrogens is 1. The lowest BCUT2D eigenvalue weighted by Crippen LogP contribution is -2.68. The number of rotatable bonds is 4. The second-order valence-electron chi connectivity index (χ2n) is 7.39. The number of ether oxygens (including phenoxy) is 1. The third-order valence-electron chi connectivity index (χ3n) is 5.96. The normalized spacial score (nSPS) is 23.5. The second kappa shape index (κ2) is 6.09. The van der Waals surface area contributed by atoms with Gasteiger partial charge in [0.25, 0.3) is 5.91 Å². The van der Waals surface area contributed by atoms with Crippen molar-refractivity contribution >= 4 is 26.6 Å². The molecule has 1 spiro atoms. The Morgan fingerprint density at radius 1 is 1.31 bits per heavy atom. The first-order valence-electron chi connectivity index (χ1n) is 9.02. The van der Waals surface area contributed by atoms with Gasteiger partial charge in [0.15, 0.2) is 9.84 Å². The summed E-state index contributed by atoms with van der Waals surface area (Å²) in [6.07, 6.45) is 2.58. The monoisotopic (exact) mass is 376 g/mol. The fourth-order valence-electron chi connectivity index (χ4n) is 4.31. The van der Waals surface area contributed by atoms with Crippen molar-refractivity contribution < 1.29 is 17.9 Å². The number of fused-ring (bicyclic) bond motifs is 1. The molecule has 140 valence electrons. The van der Waals surface area contributed by atoms with Gasteiger partial charge < -0.3 is 14.2 Å². The summed E-state index contributed by atoms with van der Waals surface area (Å²) in [5.74, 6) is 0.0784. The van der Waals surface area contributed by atoms with Crippen molar-refractivity contribution in [3.05, 3.63) is 36.0 Å². The Kier molecular flexibility index (Phi) is 4.11. The van der Waals surface area contributed by atoms with Crippen molar-refractivity contribution in [2.45, 2.75) is 18.1 Å². The Labute approximate surface area is 153 Å². The Hall–Kier alpha value is -1.86. The highest BCUT2D eigenvalue weighted by molar-refractivity contribution is 7.93. The van der Waals surface area contributed by atoms with Gasteiger partial charge in [0.05, 0.1) is 12.4 Å². The van der Waals surface area contributed by atoms with Crippen LogP contribution in [-0.2, 0) is 21.6 Å². The molecule has 1 amide bonds. The van der Waals surface area contributed by atoms with E-state index >= 15 is 0 Å². The molecule has 7 heteroatoms. The maximum Gasteiger partial charge on any atom is 0.253 e. The summed E-state index contributed by atoms with van der Waals surface area (Å²) in [7, 11) is -1.22. The summed E-state index contributed by atoms with van der Waals surface area (Å²) in [6, 6.07) is 7.60. The molecule has 2 aromatic rings. The number of carbonyl (C=O) groups excluding carboxylic acids is 1. The lowest BCUT2D eigenvalue weighted by Gasteiger charge is -2.49. The van der Waals surface area contributed by atoms with Crippen molar-refractivity contribution in [2.24, 2.45) is 13.0 Å². The molecular formula is C19H24N2O4S. The van der Waals surface area contributed by atoms with E-state index in [1.165, 1.54) is 0 Å². The minimum Gasteiger partial charge on any atom is -0.381 e. The molecule has 1 unspecified atom stereocenters. The van der Waals surface area contributed by atoms with E-state index in [9.17, 15) is 13.2 Å². The van der Waals surface area contributed by atoms with Crippen LogP contribution >= 0.6 is 0 Å². The van der Waals surface area contributed by atoms with Crippen LogP contribution in [0.25, 0.3) is 10.9 Å². The molecule has 26 heavy (non-hydrogen) atoms. The summed E-state index contributed by atoms with van der Waals surface area (Å²) in [6.45, 7) is 3.49. The van der Waals surface area contributed by atoms with Gasteiger partial charge in [-0.3, -0.25) is 4.79 Å². The number of aryl methyl sites for hydroxylation is 1. The highest BCUT2D eigenvalue weighted by atomic mass is 32.2. The Bertz CT molecular complexity index is 957. The van der Waals surface area contributed by atoms with E-state index in [4.69, 9.17) is 4.74 Å². The predicted octanol–water partition coefficient (Wildman–Crippen LogP) is 1.84. The number of hydrogen-bond donors (Lipinski definition) is 0. The van der Waals surface area contributed by atoms with Crippen LogP contribution in [0.1, 0.15) is 23.7 Å². The van der Waals surface area contributed by atoms with Crippen LogP contribution in [0.2, 0.25) is 0 Å². The van der Waals surface area contributed by atoms with E-state index in [0.29, 0.717) is 25.2 Å². The number of benzene rings is 1. The molecule has 1 aromatic carbocycles. The average molecular weight is 376 g/mol. The van der Waals surface area contributed by atoms with Gasteiger partial charge in [0.2, 0.25) is 0 Å². The Balaban J connectivity index is 1.54. The zero-order valence-electron chi connectivity index (χ0n) is 15.1. The molecule has 2 saturated heterocycles. The quantitative estimate of drug-likeness (QED) is 0.817. The molecule has 0 saturated carbocycles. The molecule has 0 N–H and O–H groups in total. The zero-order valence-corrected chi connectivity index (χ0v) is 16.0. The predicted molar refractivity (Wildman–Crippen MR) is 99.9 cm³/mol. The smallest absolute Gasteiger partial charge is 0.253 e. The molecule has 4 rings (SSSR count). The molecule has 0 bridgehead atoms. The molecule has 6 nitrogen and oxygen atoms in total. The largest absolute Gasteiger partial charge is 0.381 e. The first kappa shape index (κ1) is 17.5. The first-order valence-corrected chi connectivity index (χ1v) is 10.7. The van der Waals surface area contributed by atoms with Gasteiger partial charge in [-0.2, -0.15) is 0 Å². The van der Waals surface area contributed by atoms with E-state index in [1.807, 2.05) is 49.0 Å². The Morgan fingerprint density at radius 3 is 2.81 bits per heavy atom. The van der Waals surface area contributed by atoms with Gasteiger partial charge in [-0.1, -0.05) is 0 Å². The van der Waals surface area contributed by atoms with Crippen molar-refractivity contribution in [2.75, 3.05) is 32.1 Å². The molecule has 2 fully saturated rings. The number of carbonyl (C=O) groups is 1. The summed E-state index contributed by atoms with van der Waals surface area (Å²) in [5.41, 5.74) is 1.67. The molecule has 2 aliphatic heterocycles. The maximum atomic E-state index is 12.8. The fourth-order valence-corrected chi connectivity index (χ4v) is 6.71. The molecule has 2 aliphatic rings. The van der Waals surface area contributed by atoms with Gasteiger partial charge in [-0.25, -0.2) is 8.42 Å². The van der Waals surface area contributed by atoms with Crippen LogP contribution in [0.5, 0.6) is 0 Å². The lowest BCUT2D eigenvalue weighted by atomic mass is 9.83. The van der Waals surface area contributed by atoms with Crippen molar-refractivity contribution in [1.82, 2.24) is 9.47 Å². The maximum absolute atomic E-state index is 12.8. The number of likely N-dealkylation sites (tertiary alicyclic amines) is 1. The summed E-state index contributed by atoms with van der Waals surface area (Å²) in [5, 5.41) is 1.01. The van der Waals surface area contributed by atoms with Crippen LogP contribution < -0.4 is 0 Å².